The van der Waals surface area contributed by atoms with Crippen LogP contribution in [0, 0.1) is 0 Å². The quantitative estimate of drug-likeness (QED) is 0.844. The van der Waals surface area contributed by atoms with E-state index in [1.807, 2.05) is 14.0 Å². The van der Waals surface area contributed by atoms with Gasteiger partial charge in [-0.3, -0.25) is 4.90 Å². The number of hydrogen-bond donors (Lipinski definition) is 1. The Morgan fingerprint density at radius 1 is 1.50 bits per heavy atom. The van der Waals surface area contributed by atoms with Gasteiger partial charge in [-0.1, -0.05) is 6.42 Å². The molecule has 1 aromatic rings. The van der Waals surface area contributed by atoms with E-state index >= 15 is 0 Å². The Hall–Kier alpha value is -0.800. The van der Waals surface area contributed by atoms with Crippen LogP contribution < -0.4 is 0 Å². The monoisotopic (exact) mass is 222 g/mol. The first kappa shape index (κ1) is 11.7. The highest BCUT2D eigenvalue weighted by atomic mass is 16.3. The summed E-state index contributed by atoms with van der Waals surface area (Å²) < 4.78 is 2.08. The molecule has 0 aromatic carbocycles. The van der Waals surface area contributed by atoms with Crippen LogP contribution in [0.2, 0.25) is 0 Å². The van der Waals surface area contributed by atoms with Crippen molar-refractivity contribution >= 4 is 0 Å². The minimum Gasteiger partial charge on any atom is -0.392 e. The molecule has 0 saturated carbocycles. The Bertz CT molecular complexity index is 332. The number of nitrogens with zero attached hydrogens (tertiary/aromatic N) is 2. The molecule has 0 amide bonds. The van der Waals surface area contributed by atoms with E-state index in [2.05, 4.69) is 27.9 Å². The second-order valence-corrected chi connectivity index (χ2v) is 4.96. The molecule has 1 aromatic heterocycles. The van der Waals surface area contributed by atoms with Gasteiger partial charge in [0.2, 0.25) is 0 Å². The molecule has 90 valence electrons. The molecule has 1 saturated heterocycles. The number of aryl methyl sites for hydroxylation is 1. The fourth-order valence-corrected chi connectivity index (χ4v) is 2.65. The third-order valence-electron chi connectivity index (χ3n) is 3.50. The first-order valence-electron chi connectivity index (χ1n) is 6.20. The maximum atomic E-state index is 9.78. The van der Waals surface area contributed by atoms with Gasteiger partial charge in [-0.05, 0) is 37.9 Å². The lowest BCUT2D eigenvalue weighted by molar-refractivity contribution is 0.0317. The highest BCUT2D eigenvalue weighted by Crippen LogP contribution is 2.22. The highest BCUT2D eigenvalue weighted by Gasteiger charge is 2.26. The van der Waals surface area contributed by atoms with Crippen LogP contribution in [0.25, 0.3) is 0 Å². The van der Waals surface area contributed by atoms with Crippen LogP contribution in [0.5, 0.6) is 0 Å². The van der Waals surface area contributed by atoms with Crippen molar-refractivity contribution in [3.63, 3.8) is 0 Å². The summed E-state index contributed by atoms with van der Waals surface area (Å²) >= 11 is 0. The molecule has 2 atom stereocenters. The smallest absolute Gasteiger partial charge is 0.0667 e. The van der Waals surface area contributed by atoms with Gasteiger partial charge in [0.05, 0.1) is 6.10 Å². The van der Waals surface area contributed by atoms with E-state index in [9.17, 15) is 5.11 Å². The predicted octanol–water partition coefficient (Wildman–Crippen LogP) is 1.76. The van der Waals surface area contributed by atoms with Gasteiger partial charge in [-0.25, -0.2) is 0 Å². The summed E-state index contributed by atoms with van der Waals surface area (Å²) in [4.78, 5) is 2.42. The second kappa shape index (κ2) is 5.02. The number of piperidine rings is 1. The van der Waals surface area contributed by atoms with Crippen LogP contribution in [0.15, 0.2) is 18.5 Å². The lowest BCUT2D eigenvalue weighted by atomic mass is 9.98. The van der Waals surface area contributed by atoms with E-state index < -0.39 is 0 Å². The molecule has 16 heavy (non-hydrogen) atoms. The summed E-state index contributed by atoms with van der Waals surface area (Å²) in [6.45, 7) is 3.99. The predicted molar refractivity (Wildman–Crippen MR) is 65.1 cm³/mol. The average molecular weight is 222 g/mol. The molecule has 0 bridgehead atoms. The number of likely N-dealkylation sites (tertiary alicyclic amines) is 1. The van der Waals surface area contributed by atoms with Crippen molar-refractivity contribution in [3.05, 3.63) is 24.0 Å². The molecular weight excluding hydrogens is 200 g/mol. The third kappa shape index (κ3) is 2.66. The number of rotatable bonds is 3. The minimum absolute atomic E-state index is 0.219. The van der Waals surface area contributed by atoms with Crippen molar-refractivity contribution in [2.75, 3.05) is 6.54 Å². The van der Waals surface area contributed by atoms with Gasteiger partial charge in [0.1, 0.15) is 0 Å². The fourth-order valence-electron chi connectivity index (χ4n) is 2.65. The van der Waals surface area contributed by atoms with Crippen LogP contribution in [-0.4, -0.2) is 33.3 Å². The standard InChI is InChI=1S/C13H22N2O/c1-11(16)13-5-3-4-7-15(13)10-12-6-8-14(2)9-12/h6,8-9,11,13,16H,3-5,7,10H2,1-2H3. The topological polar surface area (TPSA) is 28.4 Å². The summed E-state index contributed by atoms with van der Waals surface area (Å²) in [5.41, 5.74) is 1.34. The van der Waals surface area contributed by atoms with Crippen molar-refractivity contribution in [2.45, 2.75) is 44.9 Å². The zero-order chi connectivity index (χ0) is 11.5. The Labute approximate surface area is 97.7 Å². The minimum atomic E-state index is -0.219. The zero-order valence-electron chi connectivity index (χ0n) is 10.3. The van der Waals surface area contributed by atoms with Crippen LogP contribution in [-0.2, 0) is 13.6 Å². The first-order chi connectivity index (χ1) is 7.66. The summed E-state index contributed by atoms with van der Waals surface area (Å²) in [6, 6.07) is 2.50. The van der Waals surface area contributed by atoms with E-state index in [0.29, 0.717) is 6.04 Å². The van der Waals surface area contributed by atoms with Crippen LogP contribution in [0.4, 0.5) is 0 Å². The number of hydrogen-bond acceptors (Lipinski definition) is 2. The highest BCUT2D eigenvalue weighted by molar-refractivity contribution is 5.10. The molecule has 2 unspecified atom stereocenters. The molecule has 1 fully saturated rings. The second-order valence-electron chi connectivity index (χ2n) is 4.96. The maximum absolute atomic E-state index is 9.78. The molecular formula is C13H22N2O. The van der Waals surface area contributed by atoms with Gasteiger partial charge in [0.15, 0.2) is 0 Å². The molecule has 0 radical (unpaired) electrons. The van der Waals surface area contributed by atoms with Crippen molar-refractivity contribution < 1.29 is 5.11 Å². The number of aliphatic hydroxyl groups is 1. The molecule has 0 aliphatic carbocycles. The van der Waals surface area contributed by atoms with Gasteiger partial charge < -0.3 is 9.67 Å². The van der Waals surface area contributed by atoms with E-state index in [4.69, 9.17) is 0 Å². The SMILES string of the molecule is CC(O)C1CCCCN1Cc1ccn(C)c1. The molecule has 3 nitrogen and oxygen atoms in total. The van der Waals surface area contributed by atoms with Crippen LogP contribution in [0.1, 0.15) is 31.7 Å². The van der Waals surface area contributed by atoms with Gasteiger partial charge >= 0.3 is 0 Å². The van der Waals surface area contributed by atoms with E-state index in [1.165, 1.54) is 18.4 Å². The fraction of sp³-hybridized carbons (Fsp3) is 0.692. The van der Waals surface area contributed by atoms with E-state index in [0.717, 1.165) is 19.5 Å². The molecule has 3 heteroatoms. The van der Waals surface area contributed by atoms with Gasteiger partial charge in [-0.15, -0.1) is 0 Å². The first-order valence-corrected chi connectivity index (χ1v) is 6.20. The van der Waals surface area contributed by atoms with Gasteiger partial charge in [-0.2, -0.15) is 0 Å². The number of aromatic nitrogens is 1. The van der Waals surface area contributed by atoms with E-state index in [1.54, 1.807) is 0 Å². The van der Waals surface area contributed by atoms with Crippen LogP contribution >= 0.6 is 0 Å². The molecule has 2 heterocycles. The van der Waals surface area contributed by atoms with Crippen molar-refractivity contribution in [2.24, 2.45) is 7.05 Å². The largest absolute Gasteiger partial charge is 0.392 e. The Morgan fingerprint density at radius 3 is 2.94 bits per heavy atom. The zero-order valence-corrected chi connectivity index (χ0v) is 10.3. The molecule has 1 aliphatic rings. The van der Waals surface area contributed by atoms with Crippen molar-refractivity contribution in [3.8, 4) is 0 Å². The average Bonchev–Trinajstić information content (AvgIpc) is 2.64. The molecule has 0 spiro atoms. The Balaban J connectivity index is 2.01. The molecule has 1 aliphatic heterocycles. The maximum Gasteiger partial charge on any atom is 0.0667 e. The normalized spacial score (nSPS) is 24.6. The lowest BCUT2D eigenvalue weighted by Crippen LogP contribution is -2.45. The summed E-state index contributed by atoms with van der Waals surface area (Å²) in [7, 11) is 2.05. The van der Waals surface area contributed by atoms with Crippen LogP contribution in [0.3, 0.4) is 0 Å². The summed E-state index contributed by atoms with van der Waals surface area (Å²) in [5, 5.41) is 9.78. The molecule has 2 rings (SSSR count). The van der Waals surface area contributed by atoms with Gasteiger partial charge in [0.25, 0.3) is 0 Å². The third-order valence-corrected chi connectivity index (χ3v) is 3.50. The number of aliphatic hydroxyl groups excluding tert-OH is 1. The Morgan fingerprint density at radius 2 is 2.31 bits per heavy atom. The van der Waals surface area contributed by atoms with Gasteiger partial charge in [0, 0.05) is 32.0 Å². The van der Waals surface area contributed by atoms with E-state index in [-0.39, 0.29) is 6.10 Å². The Kier molecular flexibility index (Phi) is 3.66. The lowest BCUT2D eigenvalue weighted by Gasteiger charge is -2.37. The summed E-state index contributed by atoms with van der Waals surface area (Å²) in [6.07, 6.45) is 7.66. The molecule has 1 N–H and O–H groups in total. The van der Waals surface area contributed by atoms with Crippen molar-refractivity contribution in [1.29, 1.82) is 0 Å². The summed E-state index contributed by atoms with van der Waals surface area (Å²) in [5.74, 6) is 0. The van der Waals surface area contributed by atoms with Crippen molar-refractivity contribution in [1.82, 2.24) is 9.47 Å².